The average Bonchev–Trinajstić information content (AvgIpc) is 3.29. The van der Waals surface area contributed by atoms with Crippen molar-refractivity contribution < 1.29 is 13.2 Å². The zero-order valence-corrected chi connectivity index (χ0v) is 21.1. The maximum atomic E-state index is 13.5. The number of imidazole rings is 1. The first-order valence-corrected chi connectivity index (χ1v) is 12.3. The third-order valence-corrected chi connectivity index (χ3v) is 6.48. The lowest BCUT2D eigenvalue weighted by Gasteiger charge is -2.37. The van der Waals surface area contributed by atoms with Crippen molar-refractivity contribution in [2.75, 3.05) is 36.0 Å². The number of nitrogens with zero attached hydrogens (tertiary/aromatic N) is 7. The van der Waals surface area contributed by atoms with Crippen molar-refractivity contribution in [3.05, 3.63) is 77.0 Å². The monoisotopic (exact) mass is 527 g/mol. The van der Waals surface area contributed by atoms with Crippen LogP contribution in [0.15, 0.2) is 54.9 Å². The molecule has 1 aliphatic rings. The molecule has 192 valence electrons. The molecule has 11 heteroatoms. The van der Waals surface area contributed by atoms with Gasteiger partial charge in [-0.3, -0.25) is 4.57 Å². The zero-order valence-electron chi connectivity index (χ0n) is 20.4. The summed E-state index contributed by atoms with van der Waals surface area (Å²) in [5.74, 6) is 1.96. The number of aryl methyl sites for hydroxylation is 2. The number of alkyl halides is 3. The summed E-state index contributed by atoms with van der Waals surface area (Å²) in [4.78, 5) is 22.0. The van der Waals surface area contributed by atoms with E-state index in [0.29, 0.717) is 55.1 Å². The van der Waals surface area contributed by atoms with Gasteiger partial charge in [-0.1, -0.05) is 30.7 Å². The van der Waals surface area contributed by atoms with Crippen LogP contribution < -0.4 is 9.80 Å². The molecule has 1 fully saturated rings. The topological polar surface area (TPSA) is 63.0 Å². The van der Waals surface area contributed by atoms with Crippen LogP contribution in [0.3, 0.4) is 0 Å². The van der Waals surface area contributed by atoms with Crippen LogP contribution in [0, 0.1) is 6.92 Å². The van der Waals surface area contributed by atoms with Crippen LogP contribution in [0.2, 0.25) is 5.02 Å². The number of hydrogen-bond donors (Lipinski definition) is 0. The van der Waals surface area contributed by atoms with Crippen LogP contribution in [0.4, 0.5) is 24.8 Å². The fourth-order valence-corrected chi connectivity index (χ4v) is 4.67. The highest BCUT2D eigenvalue weighted by atomic mass is 35.5. The van der Waals surface area contributed by atoms with Crippen molar-refractivity contribution in [3.8, 4) is 17.2 Å². The Balaban J connectivity index is 1.49. The quantitative estimate of drug-likeness (QED) is 0.337. The number of benzene rings is 1. The van der Waals surface area contributed by atoms with Gasteiger partial charge in [0.25, 0.3) is 0 Å². The Morgan fingerprint density at radius 2 is 1.70 bits per heavy atom. The standard InChI is InChI=1S/C26H25ClF3N7/c1-3-22-32-17(2)16-37(22)25-33-21(18-6-4-7-19(27)14-18)15-23(34-25)35-10-12-36(13-11-35)24-20(26(28,29)30)8-5-9-31-24/h4-9,14-16H,3,10-13H2,1-2H3. The molecule has 7 nitrogen and oxygen atoms in total. The number of pyridine rings is 1. The molecule has 0 saturated carbocycles. The molecule has 1 aliphatic heterocycles. The maximum absolute atomic E-state index is 13.5. The summed E-state index contributed by atoms with van der Waals surface area (Å²) < 4.78 is 42.5. The van der Waals surface area contributed by atoms with Crippen molar-refractivity contribution in [2.24, 2.45) is 0 Å². The summed E-state index contributed by atoms with van der Waals surface area (Å²) in [5.41, 5.74) is 1.68. The minimum absolute atomic E-state index is 0.0425. The lowest BCUT2D eigenvalue weighted by molar-refractivity contribution is -0.137. The Bertz CT molecular complexity index is 1410. The molecule has 1 aromatic carbocycles. The van der Waals surface area contributed by atoms with E-state index in [-0.39, 0.29) is 5.82 Å². The predicted octanol–water partition coefficient (Wildman–Crippen LogP) is 5.59. The number of anilines is 2. The van der Waals surface area contributed by atoms with Crippen molar-refractivity contribution >= 4 is 23.2 Å². The van der Waals surface area contributed by atoms with Crippen LogP contribution >= 0.6 is 11.6 Å². The average molecular weight is 528 g/mol. The smallest absolute Gasteiger partial charge is 0.353 e. The van der Waals surface area contributed by atoms with Gasteiger partial charge in [-0.05, 0) is 31.2 Å². The number of halogens is 4. The fourth-order valence-electron chi connectivity index (χ4n) is 4.48. The third-order valence-electron chi connectivity index (χ3n) is 6.25. The number of aromatic nitrogens is 5. The molecule has 0 atom stereocenters. The Morgan fingerprint density at radius 3 is 2.41 bits per heavy atom. The van der Waals surface area contributed by atoms with E-state index >= 15 is 0 Å². The third kappa shape index (κ3) is 5.24. The Labute approximate surface area is 217 Å². The second kappa shape index (κ2) is 10.0. The summed E-state index contributed by atoms with van der Waals surface area (Å²) in [6.07, 6.45) is -0.465. The molecule has 0 amide bonds. The van der Waals surface area contributed by atoms with Gasteiger partial charge < -0.3 is 9.80 Å². The lowest BCUT2D eigenvalue weighted by atomic mass is 10.1. The van der Waals surface area contributed by atoms with E-state index in [9.17, 15) is 13.2 Å². The highest BCUT2D eigenvalue weighted by molar-refractivity contribution is 6.30. The first kappa shape index (κ1) is 25.0. The van der Waals surface area contributed by atoms with Gasteiger partial charge >= 0.3 is 6.18 Å². The van der Waals surface area contributed by atoms with E-state index in [1.165, 1.54) is 12.3 Å². The van der Waals surface area contributed by atoms with Gasteiger partial charge in [0, 0.05) is 61.6 Å². The molecule has 4 heterocycles. The first-order chi connectivity index (χ1) is 17.7. The molecular formula is C26H25ClF3N7. The molecule has 0 radical (unpaired) electrons. The van der Waals surface area contributed by atoms with E-state index < -0.39 is 11.7 Å². The number of rotatable bonds is 5. The molecule has 0 aliphatic carbocycles. The number of hydrogen-bond acceptors (Lipinski definition) is 6. The molecule has 0 N–H and O–H groups in total. The highest BCUT2D eigenvalue weighted by Gasteiger charge is 2.36. The second-order valence-electron chi connectivity index (χ2n) is 8.79. The maximum Gasteiger partial charge on any atom is 0.419 e. The molecule has 37 heavy (non-hydrogen) atoms. The summed E-state index contributed by atoms with van der Waals surface area (Å²) in [7, 11) is 0. The van der Waals surface area contributed by atoms with Gasteiger partial charge in [-0.15, -0.1) is 0 Å². The predicted molar refractivity (Wildman–Crippen MR) is 137 cm³/mol. The van der Waals surface area contributed by atoms with Gasteiger partial charge in [0.2, 0.25) is 5.95 Å². The molecule has 0 spiro atoms. The molecule has 1 saturated heterocycles. The van der Waals surface area contributed by atoms with Crippen molar-refractivity contribution in [2.45, 2.75) is 26.4 Å². The van der Waals surface area contributed by atoms with Crippen molar-refractivity contribution in [1.29, 1.82) is 0 Å². The van der Waals surface area contributed by atoms with Gasteiger partial charge in [0.05, 0.1) is 17.0 Å². The van der Waals surface area contributed by atoms with E-state index in [1.807, 2.05) is 48.9 Å². The van der Waals surface area contributed by atoms with Crippen LogP contribution in [0.1, 0.15) is 24.0 Å². The Kier molecular flexibility index (Phi) is 6.76. The Morgan fingerprint density at radius 1 is 0.946 bits per heavy atom. The molecule has 0 unspecified atom stereocenters. The molecule has 4 aromatic rings. The molecule has 0 bridgehead atoms. The van der Waals surface area contributed by atoms with Crippen LogP contribution in [0.25, 0.3) is 17.2 Å². The SMILES string of the molecule is CCc1nc(C)cn1-c1nc(-c2cccc(Cl)c2)cc(N2CCN(c3ncccc3C(F)(F)F)CC2)n1. The number of piperazine rings is 1. The molecule has 5 rings (SSSR count). The van der Waals surface area contributed by atoms with Crippen molar-refractivity contribution in [3.63, 3.8) is 0 Å². The lowest BCUT2D eigenvalue weighted by Crippen LogP contribution is -2.47. The fraction of sp³-hybridized carbons (Fsp3) is 0.308. The van der Waals surface area contributed by atoms with Crippen LogP contribution in [0.5, 0.6) is 0 Å². The van der Waals surface area contributed by atoms with E-state index in [4.69, 9.17) is 21.6 Å². The molecular weight excluding hydrogens is 503 g/mol. The highest BCUT2D eigenvalue weighted by Crippen LogP contribution is 2.35. The van der Waals surface area contributed by atoms with Gasteiger partial charge in [0.1, 0.15) is 17.5 Å². The summed E-state index contributed by atoms with van der Waals surface area (Å²) in [6.45, 7) is 5.63. The first-order valence-electron chi connectivity index (χ1n) is 12.0. The van der Waals surface area contributed by atoms with E-state index in [2.05, 4.69) is 14.9 Å². The summed E-state index contributed by atoms with van der Waals surface area (Å²) in [6, 6.07) is 11.7. The van der Waals surface area contributed by atoms with Crippen LogP contribution in [-0.4, -0.2) is 50.7 Å². The molecule has 3 aromatic heterocycles. The largest absolute Gasteiger partial charge is 0.419 e. The zero-order chi connectivity index (χ0) is 26.2. The Hall–Kier alpha value is -3.66. The van der Waals surface area contributed by atoms with E-state index in [1.54, 1.807) is 11.0 Å². The van der Waals surface area contributed by atoms with E-state index in [0.717, 1.165) is 23.1 Å². The van der Waals surface area contributed by atoms with Crippen LogP contribution in [-0.2, 0) is 12.6 Å². The second-order valence-corrected chi connectivity index (χ2v) is 9.23. The summed E-state index contributed by atoms with van der Waals surface area (Å²) in [5, 5.41) is 0.594. The normalized spacial score (nSPS) is 14.3. The van der Waals surface area contributed by atoms with Gasteiger partial charge in [-0.2, -0.15) is 18.2 Å². The summed E-state index contributed by atoms with van der Waals surface area (Å²) >= 11 is 6.25. The minimum Gasteiger partial charge on any atom is -0.353 e. The van der Waals surface area contributed by atoms with Gasteiger partial charge in [-0.25, -0.2) is 15.0 Å². The minimum atomic E-state index is -4.46. The van der Waals surface area contributed by atoms with Gasteiger partial charge in [0.15, 0.2) is 0 Å². The van der Waals surface area contributed by atoms with Crippen molar-refractivity contribution in [1.82, 2.24) is 24.5 Å².